The van der Waals surface area contributed by atoms with Gasteiger partial charge in [0, 0.05) is 23.0 Å². The summed E-state index contributed by atoms with van der Waals surface area (Å²) >= 11 is 0. The van der Waals surface area contributed by atoms with Crippen molar-refractivity contribution in [3.63, 3.8) is 0 Å². The Kier molecular flexibility index (Phi) is 9.86. The molecule has 4 aromatic heterocycles. The molecular formula is C66H56N4O2. The van der Waals surface area contributed by atoms with Gasteiger partial charge in [0.25, 0.3) is 6.33 Å². The zero-order valence-corrected chi connectivity index (χ0v) is 41.1. The first-order chi connectivity index (χ1) is 35.2. The fraction of sp³-hybridized carbons (Fsp3) is 0.212. The van der Waals surface area contributed by atoms with Gasteiger partial charge in [0.05, 0.1) is 23.0 Å². The van der Waals surface area contributed by atoms with Gasteiger partial charge in [-0.1, -0.05) is 148 Å². The number of nitrogens with zero attached hydrogens (tertiary/aromatic N) is 4. The van der Waals surface area contributed by atoms with E-state index in [0.29, 0.717) is 11.1 Å². The predicted molar refractivity (Wildman–Crippen MR) is 289 cm³/mol. The van der Waals surface area contributed by atoms with Crippen LogP contribution in [0.15, 0.2) is 199 Å². The topological polar surface area (TPSA) is 48.5 Å². The van der Waals surface area contributed by atoms with E-state index in [-0.39, 0.29) is 5.41 Å². The van der Waals surface area contributed by atoms with Crippen LogP contribution in [0.25, 0.3) is 83.8 Å². The second-order valence-corrected chi connectivity index (χ2v) is 22.1. The van der Waals surface area contributed by atoms with E-state index >= 15 is 0 Å². The van der Waals surface area contributed by atoms with Crippen molar-refractivity contribution in [3.05, 3.63) is 212 Å². The molecule has 0 radical (unpaired) electrons. The van der Waals surface area contributed by atoms with Gasteiger partial charge in [-0.15, -0.1) is 0 Å². The highest BCUT2D eigenvalue weighted by Gasteiger charge is 2.51. The molecule has 6 nitrogen and oxygen atoms in total. The highest BCUT2D eigenvalue weighted by Crippen LogP contribution is 2.61. The maximum Gasteiger partial charge on any atom is 0.272 e. The van der Waals surface area contributed by atoms with E-state index in [1.807, 2.05) is 18.5 Å². The van der Waals surface area contributed by atoms with Crippen LogP contribution in [0, 0.1) is 24.1 Å². The molecule has 4 aliphatic rings. The quantitative estimate of drug-likeness (QED) is 0.107. The summed E-state index contributed by atoms with van der Waals surface area (Å²) < 4.78 is 20.1. The van der Waals surface area contributed by atoms with Gasteiger partial charge in [0.1, 0.15) is 28.7 Å². The highest BCUT2D eigenvalue weighted by molar-refractivity contribution is 6.10. The van der Waals surface area contributed by atoms with Gasteiger partial charge in [-0.2, -0.15) is 0 Å². The number of ether oxygens (including phenoxy) is 1. The number of aromatic nitrogens is 4. The summed E-state index contributed by atoms with van der Waals surface area (Å²) in [5.41, 5.74) is 15.2. The molecule has 4 aliphatic carbocycles. The van der Waals surface area contributed by atoms with Crippen LogP contribution < -0.4 is 9.30 Å². The molecule has 0 amide bonds. The first-order valence-corrected chi connectivity index (χ1v) is 25.8. The SMILES string of the molecule is CC(C)(C)c1ccnc(-n2c3ccc(C45CC6CC(CC(C6)C4)C5)cc3c3ccc(Oc4cccc(-c5coc6c(-c7ccccc7)[n+](-c7c(-c8ccccc8)cccc7-c7ccccc7)[c-]n56)c4)cc32)c1. The standard InChI is InChI=1S/C66H56N4O2/c1-65(2,3)50-29-30-67-61(36-50)70-58-28-25-51(66-38-43-31-44(39-66)33-45(32-43)40-66)35-57(58)56-27-26-53(37-59(56)70)72-52-22-13-21-49(34-52)60-41-71-64-62(48-19-11-6-12-20-48)69(42-68(60)64)63-54(46-15-7-4-8-16-46)23-14-24-55(63)47-17-9-5-10-18-47/h4-30,34-37,41,43-45H,31-33,38-40H2,1-3H3. The number of oxazole rings is 1. The molecule has 0 spiro atoms. The molecule has 0 saturated heterocycles. The van der Waals surface area contributed by atoms with E-state index in [4.69, 9.17) is 14.1 Å². The van der Waals surface area contributed by atoms with E-state index in [0.717, 1.165) is 91.0 Å². The molecule has 7 aromatic carbocycles. The van der Waals surface area contributed by atoms with Crippen LogP contribution in [0.2, 0.25) is 0 Å². The number of hydrogen-bond acceptors (Lipinski definition) is 3. The minimum atomic E-state index is -0.0263. The van der Waals surface area contributed by atoms with E-state index < -0.39 is 0 Å². The zero-order valence-electron chi connectivity index (χ0n) is 41.1. The second kappa shape index (κ2) is 16.6. The fourth-order valence-electron chi connectivity index (χ4n) is 13.5. The van der Waals surface area contributed by atoms with E-state index in [2.05, 4.69) is 217 Å². The van der Waals surface area contributed by atoms with Gasteiger partial charge in [0.15, 0.2) is 0 Å². The molecule has 352 valence electrons. The number of hydrogen-bond donors (Lipinski definition) is 0. The molecule has 4 saturated carbocycles. The molecule has 0 unspecified atom stereocenters. The van der Waals surface area contributed by atoms with Gasteiger partial charge in [0.2, 0.25) is 5.71 Å². The maximum absolute atomic E-state index is 6.90. The smallest absolute Gasteiger partial charge is 0.272 e. The van der Waals surface area contributed by atoms with Gasteiger partial charge in [-0.3, -0.25) is 13.5 Å². The fourth-order valence-corrected chi connectivity index (χ4v) is 13.5. The average Bonchev–Trinajstić information content (AvgIpc) is 4.09. The Morgan fingerprint density at radius 1 is 0.597 bits per heavy atom. The van der Waals surface area contributed by atoms with Crippen LogP contribution >= 0.6 is 0 Å². The first-order valence-electron chi connectivity index (χ1n) is 25.8. The summed E-state index contributed by atoms with van der Waals surface area (Å²) in [6.07, 6.45) is 16.0. The molecule has 72 heavy (non-hydrogen) atoms. The van der Waals surface area contributed by atoms with Crippen LogP contribution in [0.1, 0.15) is 70.4 Å². The van der Waals surface area contributed by atoms with Crippen molar-refractivity contribution in [1.29, 1.82) is 0 Å². The third-order valence-corrected chi connectivity index (χ3v) is 16.4. The summed E-state index contributed by atoms with van der Waals surface area (Å²) in [6, 6.07) is 64.9. The molecule has 6 heteroatoms. The Balaban J connectivity index is 0.882. The minimum absolute atomic E-state index is 0.0263. The summed E-state index contributed by atoms with van der Waals surface area (Å²) in [5, 5.41) is 2.51. The molecule has 4 bridgehead atoms. The van der Waals surface area contributed by atoms with Crippen molar-refractivity contribution < 1.29 is 13.7 Å². The van der Waals surface area contributed by atoms with Crippen LogP contribution in [-0.2, 0) is 10.8 Å². The van der Waals surface area contributed by atoms with E-state index in [1.54, 1.807) is 0 Å². The number of pyridine rings is 1. The summed E-state index contributed by atoms with van der Waals surface area (Å²) in [5.74, 6) is 5.06. The van der Waals surface area contributed by atoms with E-state index in [1.165, 1.54) is 65.9 Å². The minimum Gasteiger partial charge on any atom is -0.472 e. The van der Waals surface area contributed by atoms with Gasteiger partial charge >= 0.3 is 0 Å². The van der Waals surface area contributed by atoms with Crippen molar-refractivity contribution >= 4 is 27.5 Å². The second-order valence-electron chi connectivity index (χ2n) is 22.1. The Morgan fingerprint density at radius 3 is 1.89 bits per heavy atom. The van der Waals surface area contributed by atoms with Crippen molar-refractivity contribution in [1.82, 2.24) is 14.0 Å². The molecule has 0 N–H and O–H groups in total. The molecule has 4 fully saturated rings. The van der Waals surface area contributed by atoms with Crippen molar-refractivity contribution in [2.24, 2.45) is 17.8 Å². The monoisotopic (exact) mass is 936 g/mol. The third-order valence-electron chi connectivity index (χ3n) is 16.4. The number of imidazole rings is 1. The predicted octanol–water partition coefficient (Wildman–Crippen LogP) is 16.3. The lowest BCUT2D eigenvalue weighted by Crippen LogP contribution is -2.48. The van der Waals surface area contributed by atoms with Crippen LogP contribution in [0.3, 0.4) is 0 Å². The lowest BCUT2D eigenvalue weighted by Gasteiger charge is -2.57. The number of benzene rings is 7. The largest absolute Gasteiger partial charge is 0.472 e. The average molecular weight is 937 g/mol. The van der Waals surface area contributed by atoms with Gasteiger partial charge < -0.3 is 9.15 Å². The number of para-hydroxylation sites is 1. The normalized spacial score (nSPS) is 19.5. The summed E-state index contributed by atoms with van der Waals surface area (Å²) in [4.78, 5) is 5.04. The molecule has 4 heterocycles. The lowest BCUT2D eigenvalue weighted by atomic mass is 9.48. The Morgan fingerprint density at radius 2 is 1.22 bits per heavy atom. The van der Waals surface area contributed by atoms with Crippen LogP contribution in [-0.4, -0.2) is 14.0 Å². The van der Waals surface area contributed by atoms with Crippen LogP contribution in [0.4, 0.5) is 0 Å². The summed E-state index contributed by atoms with van der Waals surface area (Å²) in [7, 11) is 0. The number of fused-ring (bicyclic) bond motifs is 4. The molecule has 11 aromatic rings. The van der Waals surface area contributed by atoms with Crippen molar-refractivity contribution in [2.45, 2.75) is 70.1 Å². The third kappa shape index (κ3) is 7.13. The molecule has 0 aliphatic heterocycles. The van der Waals surface area contributed by atoms with Crippen molar-refractivity contribution in [3.8, 4) is 67.8 Å². The highest BCUT2D eigenvalue weighted by atomic mass is 16.5. The Hall–Kier alpha value is -7.96. The zero-order chi connectivity index (χ0) is 48.1. The number of rotatable bonds is 9. The van der Waals surface area contributed by atoms with E-state index in [9.17, 15) is 0 Å². The Bertz CT molecular complexity index is 3760. The van der Waals surface area contributed by atoms with Gasteiger partial charge in [-0.25, -0.2) is 4.98 Å². The maximum atomic E-state index is 6.90. The molecular weight excluding hydrogens is 881 g/mol. The molecule has 15 rings (SSSR count). The Labute approximate surface area is 420 Å². The first kappa shape index (κ1) is 42.9. The van der Waals surface area contributed by atoms with Gasteiger partial charge in [-0.05, 0) is 160 Å². The van der Waals surface area contributed by atoms with Crippen molar-refractivity contribution in [2.75, 3.05) is 0 Å². The molecule has 0 atom stereocenters. The summed E-state index contributed by atoms with van der Waals surface area (Å²) in [6.45, 7) is 6.81. The van der Waals surface area contributed by atoms with Crippen LogP contribution in [0.5, 0.6) is 11.5 Å². The lowest BCUT2D eigenvalue weighted by molar-refractivity contribution is -0.586.